The fourth-order valence-electron chi connectivity index (χ4n) is 4.98. The van der Waals surface area contributed by atoms with Crippen LogP contribution in [0, 0.1) is 13.8 Å². The fourth-order valence-corrected chi connectivity index (χ4v) is 6.07. The van der Waals surface area contributed by atoms with E-state index in [0.29, 0.717) is 0 Å². The van der Waals surface area contributed by atoms with E-state index in [2.05, 4.69) is 55.6 Å². The van der Waals surface area contributed by atoms with Crippen LogP contribution in [0.3, 0.4) is 0 Å². The summed E-state index contributed by atoms with van der Waals surface area (Å²) in [5.41, 5.74) is 4.68. The molecule has 5 heterocycles. The van der Waals surface area contributed by atoms with Crippen LogP contribution in [0.2, 0.25) is 0 Å². The molecule has 0 radical (unpaired) electrons. The summed E-state index contributed by atoms with van der Waals surface area (Å²) in [6, 6.07) is 8.47. The van der Waals surface area contributed by atoms with Gasteiger partial charge in [0.1, 0.15) is 0 Å². The van der Waals surface area contributed by atoms with E-state index in [-0.39, 0.29) is 12.1 Å². The molecule has 33 heavy (non-hydrogen) atoms. The Hall–Kier alpha value is -2.33. The van der Waals surface area contributed by atoms with E-state index < -0.39 is 0 Å². The van der Waals surface area contributed by atoms with Gasteiger partial charge in [0.25, 0.3) is 0 Å². The monoisotopic (exact) mass is 482 g/mol. The molecule has 2 aliphatic heterocycles. The predicted octanol–water partition coefficient (Wildman–Crippen LogP) is 3.64. The Balaban J connectivity index is 1.45. The molecule has 1 N–H and O–H groups in total. The number of aromatic nitrogens is 3. The van der Waals surface area contributed by atoms with Crippen molar-refractivity contribution >= 4 is 28.7 Å². The number of pyridine rings is 1. The summed E-state index contributed by atoms with van der Waals surface area (Å²) in [4.78, 5) is 14.1. The number of aryl methyl sites for hydroxylation is 1. The zero-order chi connectivity index (χ0) is 22.8. The largest absolute Gasteiger partial charge is 0.379 e. The lowest BCUT2D eigenvalue weighted by molar-refractivity contribution is 0.0365. The molecular formula is C24H30N6OS2. The van der Waals surface area contributed by atoms with E-state index in [9.17, 15) is 0 Å². The Kier molecular flexibility index (Phi) is 6.73. The molecule has 0 unspecified atom stereocenters. The number of morpholine rings is 1. The quantitative estimate of drug-likeness (QED) is 0.516. The average Bonchev–Trinajstić information content (AvgIpc) is 3.54. The first-order chi connectivity index (χ1) is 16.1. The van der Waals surface area contributed by atoms with Crippen molar-refractivity contribution < 1.29 is 4.74 Å². The Morgan fingerprint density at radius 3 is 2.73 bits per heavy atom. The zero-order valence-corrected chi connectivity index (χ0v) is 20.7. The summed E-state index contributed by atoms with van der Waals surface area (Å²) in [6.45, 7) is 9.98. The summed E-state index contributed by atoms with van der Waals surface area (Å²) in [7, 11) is 0. The van der Waals surface area contributed by atoms with Crippen molar-refractivity contribution in [2.24, 2.45) is 0 Å². The van der Waals surface area contributed by atoms with Gasteiger partial charge >= 0.3 is 0 Å². The maximum atomic E-state index is 5.86. The number of ether oxygens (including phenoxy) is 1. The molecule has 2 atom stereocenters. The highest BCUT2D eigenvalue weighted by molar-refractivity contribution is 7.80. The first kappa shape index (κ1) is 22.5. The topological polar surface area (TPSA) is 58.5 Å². The van der Waals surface area contributed by atoms with Gasteiger partial charge in [0.2, 0.25) is 0 Å². The molecule has 0 saturated carbocycles. The van der Waals surface area contributed by atoms with Crippen LogP contribution in [0.4, 0.5) is 0 Å². The number of thiazole rings is 1. The minimum Gasteiger partial charge on any atom is -0.379 e. The van der Waals surface area contributed by atoms with E-state index >= 15 is 0 Å². The second-order valence-corrected chi connectivity index (χ2v) is 9.86. The molecule has 0 bridgehead atoms. The summed E-state index contributed by atoms with van der Waals surface area (Å²) in [5, 5.41) is 7.41. The van der Waals surface area contributed by atoms with Gasteiger partial charge in [-0.3, -0.25) is 14.5 Å². The number of hydrogen-bond donors (Lipinski definition) is 1. The molecule has 2 fully saturated rings. The molecule has 9 heteroatoms. The summed E-state index contributed by atoms with van der Waals surface area (Å²) < 4.78 is 7.75. The minimum absolute atomic E-state index is 0.00679. The van der Waals surface area contributed by atoms with Crippen LogP contribution in [-0.2, 0) is 4.74 Å². The lowest BCUT2D eigenvalue weighted by Gasteiger charge is -2.30. The van der Waals surface area contributed by atoms with Crippen LogP contribution in [0.15, 0.2) is 42.0 Å². The Labute approximate surface area is 204 Å². The summed E-state index contributed by atoms with van der Waals surface area (Å²) in [6.07, 6.45) is 4.77. The third-order valence-corrected chi connectivity index (χ3v) is 7.68. The standard InChI is InChI=1S/C24H30N6OS2/c1-17-16-19(18(2)30(17)24-26-8-15-33-24)22-21(20-6-3-4-7-25-20)27-23(32)29(22)10-5-9-28-11-13-31-14-12-28/h3-4,6-8,15-16,21-22H,5,9-14H2,1-2H3,(H,27,32)/t21-,22+/m0/s1. The third-order valence-electron chi connectivity index (χ3n) is 6.57. The van der Waals surface area contributed by atoms with Crippen LogP contribution >= 0.6 is 23.6 Å². The highest BCUT2D eigenvalue weighted by Gasteiger charge is 2.41. The summed E-state index contributed by atoms with van der Waals surface area (Å²) >= 11 is 7.52. The van der Waals surface area contributed by atoms with E-state index in [1.54, 1.807) is 11.3 Å². The Bertz CT molecular complexity index is 1080. The second-order valence-electron chi connectivity index (χ2n) is 8.60. The van der Waals surface area contributed by atoms with Gasteiger partial charge in [-0.05, 0) is 56.2 Å². The van der Waals surface area contributed by atoms with Crippen molar-refractivity contribution in [3.63, 3.8) is 0 Å². The molecule has 2 aliphatic rings. The van der Waals surface area contributed by atoms with Gasteiger partial charge in [0, 0.05) is 55.3 Å². The summed E-state index contributed by atoms with van der Waals surface area (Å²) in [5.74, 6) is 0. The van der Waals surface area contributed by atoms with Crippen LogP contribution in [-0.4, -0.2) is 68.8 Å². The SMILES string of the molecule is Cc1cc([C@@H]2[C@H](c3ccccn3)NC(=S)N2CCCN2CCOCC2)c(C)n1-c1nccs1. The lowest BCUT2D eigenvalue weighted by atomic mass is 9.96. The molecular weight excluding hydrogens is 452 g/mol. The molecule has 174 valence electrons. The van der Waals surface area contributed by atoms with Gasteiger partial charge in [0.05, 0.1) is 31.0 Å². The predicted molar refractivity (Wildman–Crippen MR) is 135 cm³/mol. The van der Waals surface area contributed by atoms with Gasteiger partial charge in [-0.1, -0.05) is 6.07 Å². The normalized spacial score (nSPS) is 21.5. The van der Waals surface area contributed by atoms with Crippen molar-refractivity contribution in [1.29, 1.82) is 0 Å². The van der Waals surface area contributed by atoms with E-state index in [1.165, 1.54) is 17.0 Å². The van der Waals surface area contributed by atoms with Gasteiger partial charge in [-0.15, -0.1) is 11.3 Å². The molecule has 0 amide bonds. The second kappa shape index (κ2) is 9.89. The van der Waals surface area contributed by atoms with E-state index in [4.69, 9.17) is 17.0 Å². The van der Waals surface area contributed by atoms with Gasteiger partial charge in [-0.25, -0.2) is 4.98 Å². The molecule has 0 spiro atoms. The molecule has 0 aliphatic carbocycles. The van der Waals surface area contributed by atoms with Crippen molar-refractivity contribution in [3.8, 4) is 5.13 Å². The van der Waals surface area contributed by atoms with Crippen LogP contribution in [0.25, 0.3) is 5.13 Å². The molecule has 3 aromatic heterocycles. The van der Waals surface area contributed by atoms with Crippen LogP contribution < -0.4 is 5.32 Å². The van der Waals surface area contributed by atoms with Gasteiger partial charge in [0.15, 0.2) is 10.2 Å². The number of hydrogen-bond acceptors (Lipinski definition) is 6. The Morgan fingerprint density at radius 1 is 1.15 bits per heavy atom. The zero-order valence-electron chi connectivity index (χ0n) is 19.1. The highest BCUT2D eigenvalue weighted by Crippen LogP contribution is 2.41. The maximum Gasteiger partial charge on any atom is 0.193 e. The first-order valence-electron chi connectivity index (χ1n) is 11.5. The van der Waals surface area contributed by atoms with Gasteiger partial charge in [-0.2, -0.15) is 0 Å². The van der Waals surface area contributed by atoms with Crippen molar-refractivity contribution in [3.05, 3.63) is 64.7 Å². The minimum atomic E-state index is 0.00679. The number of rotatable bonds is 7. The molecule has 0 aromatic carbocycles. The average molecular weight is 483 g/mol. The smallest absolute Gasteiger partial charge is 0.193 e. The van der Waals surface area contributed by atoms with Crippen LogP contribution in [0.1, 0.15) is 41.1 Å². The van der Waals surface area contributed by atoms with Crippen molar-refractivity contribution in [2.75, 3.05) is 39.4 Å². The van der Waals surface area contributed by atoms with Crippen molar-refractivity contribution in [2.45, 2.75) is 32.4 Å². The number of nitrogens with zero attached hydrogens (tertiary/aromatic N) is 5. The third kappa shape index (κ3) is 4.55. The van der Waals surface area contributed by atoms with Crippen molar-refractivity contribution in [1.82, 2.24) is 29.7 Å². The number of nitrogens with one attached hydrogen (secondary N) is 1. The molecule has 7 nitrogen and oxygen atoms in total. The number of thiocarbonyl (C=S) groups is 1. The van der Waals surface area contributed by atoms with E-state index in [1.807, 2.05) is 29.9 Å². The lowest BCUT2D eigenvalue weighted by Crippen LogP contribution is -2.39. The highest BCUT2D eigenvalue weighted by atomic mass is 32.1. The molecule has 2 saturated heterocycles. The Morgan fingerprint density at radius 2 is 2.00 bits per heavy atom. The molecule has 5 rings (SSSR count). The maximum absolute atomic E-state index is 5.86. The fraction of sp³-hybridized carbons (Fsp3) is 0.458. The van der Waals surface area contributed by atoms with Crippen LogP contribution in [0.5, 0.6) is 0 Å². The molecule has 3 aromatic rings. The first-order valence-corrected chi connectivity index (χ1v) is 12.8. The van der Waals surface area contributed by atoms with Gasteiger partial charge < -0.3 is 15.0 Å². The van der Waals surface area contributed by atoms with E-state index in [0.717, 1.165) is 61.8 Å².